The molecule has 3 rings (SSSR count). The van der Waals surface area contributed by atoms with E-state index in [1.807, 2.05) is 4.90 Å². The molecular weight excluding hydrogens is 377 g/mol. The van der Waals surface area contributed by atoms with Gasteiger partial charge < -0.3 is 14.5 Å². The molecule has 3 aliphatic rings. The van der Waals surface area contributed by atoms with E-state index in [-0.39, 0.29) is 31.3 Å². The first kappa shape index (κ1) is 21.3. The molecule has 3 heterocycles. The molecule has 0 aromatic rings. The predicted molar refractivity (Wildman–Crippen MR) is 95.6 cm³/mol. The van der Waals surface area contributed by atoms with Crippen molar-refractivity contribution in [2.75, 3.05) is 78.7 Å². The first-order valence-corrected chi connectivity index (χ1v) is 9.97. The fraction of sp³-hybridized carbons (Fsp3) is 0.889. The molecule has 0 spiro atoms. The second kappa shape index (κ2) is 9.41. The number of rotatable bonds is 4. The molecule has 0 saturated carbocycles. The topological polar surface area (TPSA) is 56.3 Å². The van der Waals surface area contributed by atoms with Gasteiger partial charge in [0.25, 0.3) is 0 Å². The predicted octanol–water partition coefficient (Wildman–Crippen LogP) is 0.264. The molecule has 1 unspecified atom stereocenters. The second-order valence-corrected chi connectivity index (χ2v) is 7.77. The Balaban J connectivity index is 1.40. The highest BCUT2D eigenvalue weighted by molar-refractivity contribution is 5.79. The summed E-state index contributed by atoms with van der Waals surface area (Å²) in [6.07, 6.45) is -3.76. The van der Waals surface area contributed by atoms with Gasteiger partial charge in [-0.3, -0.25) is 19.4 Å². The van der Waals surface area contributed by atoms with Crippen LogP contribution < -0.4 is 0 Å². The highest BCUT2D eigenvalue weighted by Gasteiger charge is 2.42. The van der Waals surface area contributed by atoms with Crippen molar-refractivity contribution in [3.05, 3.63) is 0 Å². The van der Waals surface area contributed by atoms with Crippen molar-refractivity contribution in [3.8, 4) is 0 Å². The van der Waals surface area contributed by atoms with Crippen molar-refractivity contribution >= 4 is 11.8 Å². The van der Waals surface area contributed by atoms with Gasteiger partial charge in [0.1, 0.15) is 0 Å². The monoisotopic (exact) mass is 406 g/mol. The van der Waals surface area contributed by atoms with Gasteiger partial charge in [-0.05, 0) is 12.8 Å². The molecule has 3 aliphatic heterocycles. The number of likely N-dealkylation sites (tertiary alicyclic amines) is 1. The minimum Gasteiger partial charge on any atom is -0.379 e. The average molecular weight is 406 g/mol. The van der Waals surface area contributed by atoms with E-state index in [4.69, 9.17) is 4.74 Å². The zero-order valence-corrected chi connectivity index (χ0v) is 16.1. The number of morpholine rings is 1. The van der Waals surface area contributed by atoms with Gasteiger partial charge in [-0.2, -0.15) is 13.2 Å². The van der Waals surface area contributed by atoms with Crippen LogP contribution in [0, 0.1) is 5.92 Å². The number of amides is 2. The molecule has 0 bridgehead atoms. The molecular formula is C18H29F3N4O3. The molecule has 10 heteroatoms. The molecule has 7 nitrogen and oxygen atoms in total. The van der Waals surface area contributed by atoms with Crippen molar-refractivity contribution in [2.24, 2.45) is 5.92 Å². The Bertz CT molecular complexity index is 547. The van der Waals surface area contributed by atoms with Gasteiger partial charge in [-0.15, -0.1) is 0 Å². The maximum Gasteiger partial charge on any atom is 0.393 e. The summed E-state index contributed by atoms with van der Waals surface area (Å²) in [5.41, 5.74) is 0. The van der Waals surface area contributed by atoms with E-state index >= 15 is 0 Å². The summed E-state index contributed by atoms with van der Waals surface area (Å²) in [5, 5.41) is 0. The highest BCUT2D eigenvalue weighted by Crippen LogP contribution is 2.33. The number of piperidine rings is 1. The minimum absolute atomic E-state index is 0.0805. The van der Waals surface area contributed by atoms with Crippen LogP contribution in [-0.4, -0.2) is 116 Å². The third kappa shape index (κ3) is 5.81. The quantitative estimate of drug-likeness (QED) is 0.671. The number of piperazine rings is 1. The van der Waals surface area contributed by atoms with Crippen molar-refractivity contribution in [1.82, 2.24) is 19.6 Å². The van der Waals surface area contributed by atoms with E-state index in [0.29, 0.717) is 58.9 Å². The van der Waals surface area contributed by atoms with E-state index < -0.39 is 12.1 Å². The van der Waals surface area contributed by atoms with Crippen LogP contribution >= 0.6 is 0 Å². The molecule has 28 heavy (non-hydrogen) atoms. The van der Waals surface area contributed by atoms with Crippen LogP contribution in [0.2, 0.25) is 0 Å². The molecule has 0 aromatic carbocycles. The lowest BCUT2D eigenvalue weighted by molar-refractivity contribution is -0.188. The Morgan fingerprint density at radius 2 is 1.39 bits per heavy atom. The lowest BCUT2D eigenvalue weighted by Gasteiger charge is -2.38. The number of nitrogens with zero attached hydrogens (tertiary/aromatic N) is 4. The van der Waals surface area contributed by atoms with Crippen LogP contribution in [0.1, 0.15) is 12.8 Å². The molecule has 0 N–H and O–H groups in total. The zero-order chi connectivity index (χ0) is 20.1. The van der Waals surface area contributed by atoms with Gasteiger partial charge in [-0.25, -0.2) is 0 Å². The number of ether oxygens (including phenoxy) is 1. The van der Waals surface area contributed by atoms with Gasteiger partial charge in [0.15, 0.2) is 0 Å². The largest absolute Gasteiger partial charge is 0.393 e. The van der Waals surface area contributed by atoms with Gasteiger partial charge in [0.2, 0.25) is 11.8 Å². The molecule has 0 aliphatic carbocycles. The van der Waals surface area contributed by atoms with Crippen molar-refractivity contribution in [1.29, 1.82) is 0 Å². The van der Waals surface area contributed by atoms with E-state index in [1.165, 1.54) is 4.90 Å². The third-order valence-corrected chi connectivity index (χ3v) is 5.78. The summed E-state index contributed by atoms with van der Waals surface area (Å²) < 4.78 is 44.1. The van der Waals surface area contributed by atoms with Crippen LogP contribution in [0.5, 0.6) is 0 Å². The number of alkyl halides is 3. The second-order valence-electron chi connectivity index (χ2n) is 7.77. The standard InChI is InChI=1S/C18H29F3N4O3/c19-18(20,21)15-2-1-3-25(12-15)17(27)14-22-4-6-24(7-5-22)16(26)13-23-8-10-28-11-9-23/h15H,1-14H2. The Morgan fingerprint density at radius 3 is 2.00 bits per heavy atom. The van der Waals surface area contributed by atoms with E-state index in [2.05, 4.69) is 4.90 Å². The molecule has 1 atom stereocenters. The maximum atomic E-state index is 12.9. The summed E-state index contributed by atoms with van der Waals surface area (Å²) >= 11 is 0. The maximum absolute atomic E-state index is 12.9. The third-order valence-electron chi connectivity index (χ3n) is 5.78. The normalized spacial score (nSPS) is 25.8. The average Bonchev–Trinajstić information content (AvgIpc) is 2.69. The van der Waals surface area contributed by atoms with Crippen LogP contribution in [0.3, 0.4) is 0 Å². The fourth-order valence-electron chi connectivity index (χ4n) is 3.97. The van der Waals surface area contributed by atoms with Gasteiger partial charge >= 0.3 is 6.18 Å². The van der Waals surface area contributed by atoms with E-state index in [9.17, 15) is 22.8 Å². The highest BCUT2D eigenvalue weighted by atomic mass is 19.4. The zero-order valence-electron chi connectivity index (χ0n) is 16.1. The SMILES string of the molecule is O=C(CN1CCOCC1)N1CCN(CC(=O)N2CCCC(C(F)(F)F)C2)CC1. The van der Waals surface area contributed by atoms with E-state index in [1.54, 1.807) is 4.90 Å². The summed E-state index contributed by atoms with van der Waals surface area (Å²) in [6, 6.07) is 0. The summed E-state index contributed by atoms with van der Waals surface area (Å²) in [6.45, 7) is 5.69. The molecule has 3 saturated heterocycles. The summed E-state index contributed by atoms with van der Waals surface area (Å²) in [5.74, 6) is -1.58. The van der Waals surface area contributed by atoms with Gasteiger partial charge in [-0.1, -0.05) is 0 Å². The fourth-order valence-corrected chi connectivity index (χ4v) is 3.97. The van der Waals surface area contributed by atoms with Crippen molar-refractivity contribution < 1.29 is 27.5 Å². The lowest BCUT2D eigenvalue weighted by atomic mass is 9.97. The number of carbonyl (C=O) groups excluding carboxylic acids is 2. The van der Waals surface area contributed by atoms with E-state index in [0.717, 1.165) is 13.1 Å². The van der Waals surface area contributed by atoms with Crippen LogP contribution in [-0.2, 0) is 14.3 Å². The first-order valence-electron chi connectivity index (χ1n) is 9.97. The van der Waals surface area contributed by atoms with Gasteiger partial charge in [0, 0.05) is 52.4 Å². The van der Waals surface area contributed by atoms with Crippen molar-refractivity contribution in [2.45, 2.75) is 19.0 Å². The van der Waals surface area contributed by atoms with Gasteiger partial charge in [0.05, 0.1) is 32.2 Å². The number of hydrogen-bond donors (Lipinski definition) is 0. The Hall–Kier alpha value is -1.39. The summed E-state index contributed by atoms with van der Waals surface area (Å²) in [4.78, 5) is 32.0. The smallest absolute Gasteiger partial charge is 0.379 e. The number of carbonyl (C=O) groups is 2. The molecule has 2 amide bonds. The Morgan fingerprint density at radius 1 is 0.821 bits per heavy atom. The first-order chi connectivity index (χ1) is 13.3. The summed E-state index contributed by atoms with van der Waals surface area (Å²) in [7, 11) is 0. The Labute approximate surface area is 163 Å². The lowest BCUT2D eigenvalue weighted by Crippen LogP contribution is -2.54. The molecule has 160 valence electrons. The minimum atomic E-state index is -4.24. The molecule has 3 fully saturated rings. The van der Waals surface area contributed by atoms with Crippen LogP contribution in [0.4, 0.5) is 13.2 Å². The van der Waals surface area contributed by atoms with Crippen LogP contribution in [0.25, 0.3) is 0 Å². The number of hydrogen-bond acceptors (Lipinski definition) is 5. The number of halogens is 3. The van der Waals surface area contributed by atoms with Crippen LogP contribution in [0.15, 0.2) is 0 Å². The van der Waals surface area contributed by atoms with Crippen molar-refractivity contribution in [3.63, 3.8) is 0 Å². The molecule has 0 aromatic heterocycles. The molecule has 0 radical (unpaired) electrons. The Kier molecular flexibility index (Phi) is 7.16.